The van der Waals surface area contributed by atoms with Gasteiger partial charge in [0.05, 0.1) is 5.69 Å². The van der Waals surface area contributed by atoms with Crippen LogP contribution in [0, 0.1) is 11.8 Å². The molecule has 1 aromatic rings. The molecule has 25 heavy (non-hydrogen) atoms. The number of carbonyl (C=O) groups excluding carboxylic acids is 1. The van der Waals surface area contributed by atoms with Crippen LogP contribution in [0.5, 0.6) is 5.75 Å². The summed E-state index contributed by atoms with van der Waals surface area (Å²) >= 11 is 5.81. The second kappa shape index (κ2) is 8.76. The van der Waals surface area contributed by atoms with Gasteiger partial charge in [-0.1, -0.05) is 18.5 Å². The van der Waals surface area contributed by atoms with Gasteiger partial charge in [-0.25, -0.2) is 0 Å². The fourth-order valence-corrected chi connectivity index (χ4v) is 3.11. The van der Waals surface area contributed by atoms with Gasteiger partial charge in [0.2, 0.25) is 5.91 Å². The normalized spacial score (nSPS) is 17.2. The number of benzene rings is 1. The van der Waals surface area contributed by atoms with E-state index < -0.39 is 12.8 Å². The first-order chi connectivity index (χ1) is 11.7. The van der Waals surface area contributed by atoms with Crippen molar-refractivity contribution in [1.29, 1.82) is 0 Å². The molecule has 1 atom stereocenters. The van der Waals surface area contributed by atoms with Crippen molar-refractivity contribution in [2.24, 2.45) is 11.8 Å². The summed E-state index contributed by atoms with van der Waals surface area (Å²) in [5.74, 6) is 0.338. The van der Waals surface area contributed by atoms with Crippen molar-refractivity contribution in [3.05, 3.63) is 23.2 Å². The number of hydrogen-bond donors (Lipinski definition) is 2. The van der Waals surface area contributed by atoms with Crippen LogP contribution in [0.1, 0.15) is 26.2 Å². The number of hydrogen-bond acceptors (Lipinski definition) is 3. The number of amides is 1. The smallest absolute Gasteiger partial charge is 0.422 e. The highest BCUT2D eigenvalue weighted by Gasteiger charge is 2.29. The number of alkyl halides is 3. The van der Waals surface area contributed by atoms with Gasteiger partial charge < -0.3 is 15.4 Å². The van der Waals surface area contributed by atoms with E-state index in [0.29, 0.717) is 12.3 Å². The zero-order valence-electron chi connectivity index (χ0n) is 14.0. The summed E-state index contributed by atoms with van der Waals surface area (Å²) in [6.07, 6.45) is -2.11. The maximum atomic E-state index is 12.4. The minimum atomic E-state index is -4.47. The Labute approximate surface area is 150 Å². The van der Waals surface area contributed by atoms with Gasteiger partial charge in [0.1, 0.15) is 5.75 Å². The first kappa shape index (κ1) is 19.8. The van der Waals surface area contributed by atoms with Gasteiger partial charge in [-0.2, -0.15) is 13.2 Å². The van der Waals surface area contributed by atoms with Crippen LogP contribution in [-0.2, 0) is 4.79 Å². The topological polar surface area (TPSA) is 50.4 Å². The predicted octanol–water partition coefficient (Wildman–Crippen LogP) is 4.25. The SMILES string of the molecule is CC(CC(=O)Nc1ccc(Cl)cc1OCC(F)(F)F)C1CCNCC1. The van der Waals surface area contributed by atoms with E-state index in [1.807, 2.05) is 6.92 Å². The van der Waals surface area contributed by atoms with Gasteiger partial charge in [0, 0.05) is 17.5 Å². The lowest BCUT2D eigenvalue weighted by molar-refractivity contribution is -0.153. The number of carbonyl (C=O) groups is 1. The standard InChI is InChI=1S/C17H22ClF3N2O2/c1-11(12-4-6-22-7-5-12)8-16(24)23-14-3-2-13(18)9-15(14)25-10-17(19,20)21/h2-3,9,11-12,22H,4-8,10H2,1H3,(H,23,24). The van der Waals surface area contributed by atoms with Crippen LogP contribution in [-0.4, -0.2) is 31.8 Å². The molecule has 2 rings (SSSR count). The average Bonchev–Trinajstić information content (AvgIpc) is 2.55. The summed E-state index contributed by atoms with van der Waals surface area (Å²) < 4.78 is 41.9. The number of anilines is 1. The molecular weight excluding hydrogens is 357 g/mol. The predicted molar refractivity (Wildman–Crippen MR) is 91.0 cm³/mol. The van der Waals surface area contributed by atoms with Crippen molar-refractivity contribution in [3.8, 4) is 5.75 Å². The number of ether oxygens (including phenoxy) is 1. The number of rotatable bonds is 6. The van der Waals surface area contributed by atoms with E-state index in [1.165, 1.54) is 18.2 Å². The van der Waals surface area contributed by atoms with Crippen LogP contribution in [0.2, 0.25) is 5.02 Å². The van der Waals surface area contributed by atoms with Crippen LogP contribution >= 0.6 is 11.6 Å². The molecule has 1 amide bonds. The van der Waals surface area contributed by atoms with Gasteiger partial charge >= 0.3 is 6.18 Å². The molecule has 0 radical (unpaired) electrons. The van der Waals surface area contributed by atoms with Gasteiger partial charge in [-0.15, -0.1) is 0 Å². The largest absolute Gasteiger partial charge is 0.482 e. The van der Waals surface area contributed by atoms with Crippen LogP contribution in [0.3, 0.4) is 0 Å². The minimum Gasteiger partial charge on any atom is -0.482 e. The fraction of sp³-hybridized carbons (Fsp3) is 0.588. The minimum absolute atomic E-state index is 0.0901. The summed E-state index contributed by atoms with van der Waals surface area (Å²) in [5.41, 5.74) is 0.191. The van der Waals surface area contributed by atoms with E-state index in [0.717, 1.165) is 25.9 Å². The molecule has 1 aromatic carbocycles. The van der Waals surface area contributed by atoms with Gasteiger partial charge in [-0.3, -0.25) is 4.79 Å². The molecule has 140 valence electrons. The van der Waals surface area contributed by atoms with Crippen LogP contribution in [0.15, 0.2) is 18.2 Å². The fourth-order valence-electron chi connectivity index (χ4n) is 2.95. The van der Waals surface area contributed by atoms with E-state index in [9.17, 15) is 18.0 Å². The lowest BCUT2D eigenvalue weighted by atomic mass is 9.84. The highest BCUT2D eigenvalue weighted by molar-refractivity contribution is 6.30. The van der Waals surface area contributed by atoms with E-state index in [2.05, 4.69) is 10.6 Å². The molecule has 1 heterocycles. The molecule has 0 spiro atoms. The van der Waals surface area contributed by atoms with Crippen molar-refractivity contribution in [2.75, 3.05) is 25.0 Å². The number of piperidine rings is 1. The zero-order chi connectivity index (χ0) is 18.4. The molecule has 0 bridgehead atoms. The number of halogens is 4. The van der Waals surface area contributed by atoms with E-state index in [4.69, 9.17) is 16.3 Å². The zero-order valence-corrected chi connectivity index (χ0v) is 14.7. The van der Waals surface area contributed by atoms with E-state index >= 15 is 0 Å². The summed E-state index contributed by atoms with van der Waals surface area (Å²) in [5, 5.41) is 6.15. The van der Waals surface area contributed by atoms with E-state index in [1.54, 1.807) is 0 Å². The van der Waals surface area contributed by atoms with Crippen molar-refractivity contribution >= 4 is 23.2 Å². The highest BCUT2D eigenvalue weighted by atomic mass is 35.5. The van der Waals surface area contributed by atoms with Crippen LogP contribution in [0.4, 0.5) is 18.9 Å². The third kappa shape index (κ3) is 6.74. The first-order valence-electron chi connectivity index (χ1n) is 8.24. The van der Waals surface area contributed by atoms with Crippen molar-refractivity contribution in [2.45, 2.75) is 32.4 Å². The molecule has 4 nitrogen and oxygen atoms in total. The molecule has 8 heteroatoms. The number of nitrogens with one attached hydrogen (secondary N) is 2. The Morgan fingerprint density at radius 3 is 2.72 bits per heavy atom. The Hall–Kier alpha value is -1.47. The molecule has 1 unspecified atom stereocenters. The second-order valence-electron chi connectivity index (χ2n) is 6.36. The molecule has 0 aromatic heterocycles. The maximum Gasteiger partial charge on any atom is 0.422 e. The third-order valence-electron chi connectivity index (χ3n) is 4.31. The van der Waals surface area contributed by atoms with Crippen LogP contribution in [0.25, 0.3) is 0 Å². The molecule has 1 saturated heterocycles. The Balaban J connectivity index is 1.97. The quantitative estimate of drug-likeness (QED) is 0.778. The maximum absolute atomic E-state index is 12.4. The van der Waals surface area contributed by atoms with Crippen LogP contribution < -0.4 is 15.4 Å². The summed E-state index contributed by atoms with van der Waals surface area (Å²) in [4.78, 5) is 12.3. The van der Waals surface area contributed by atoms with Crippen molar-refractivity contribution in [3.63, 3.8) is 0 Å². The van der Waals surface area contributed by atoms with Crippen molar-refractivity contribution < 1.29 is 22.7 Å². The lowest BCUT2D eigenvalue weighted by Crippen LogP contribution is -2.32. The third-order valence-corrected chi connectivity index (χ3v) is 4.54. The Morgan fingerprint density at radius 1 is 1.40 bits per heavy atom. The highest BCUT2D eigenvalue weighted by Crippen LogP contribution is 2.31. The van der Waals surface area contributed by atoms with Gasteiger partial charge in [-0.05, 0) is 49.9 Å². The summed E-state index contributed by atoms with van der Waals surface area (Å²) in [6.45, 7) is 2.48. The molecule has 0 aliphatic carbocycles. The Morgan fingerprint density at radius 2 is 2.08 bits per heavy atom. The van der Waals surface area contributed by atoms with E-state index in [-0.39, 0.29) is 28.3 Å². The first-order valence-corrected chi connectivity index (χ1v) is 8.62. The molecule has 0 saturated carbocycles. The lowest BCUT2D eigenvalue weighted by Gasteiger charge is -2.28. The molecular formula is C17H22ClF3N2O2. The Bertz CT molecular complexity index is 590. The monoisotopic (exact) mass is 378 g/mol. The molecule has 1 aliphatic rings. The second-order valence-corrected chi connectivity index (χ2v) is 6.80. The van der Waals surface area contributed by atoms with Crippen molar-refractivity contribution in [1.82, 2.24) is 5.32 Å². The summed E-state index contributed by atoms with van der Waals surface area (Å²) in [6, 6.07) is 4.20. The van der Waals surface area contributed by atoms with Gasteiger partial charge in [0.25, 0.3) is 0 Å². The summed E-state index contributed by atoms with van der Waals surface area (Å²) in [7, 11) is 0. The Kier molecular flexibility index (Phi) is 6.95. The molecule has 2 N–H and O–H groups in total. The van der Waals surface area contributed by atoms with Gasteiger partial charge in [0.15, 0.2) is 6.61 Å². The molecule has 1 aliphatic heterocycles. The average molecular weight is 379 g/mol. The molecule has 1 fully saturated rings.